The van der Waals surface area contributed by atoms with Gasteiger partial charge in [0.15, 0.2) is 6.61 Å². The molecule has 0 bridgehead atoms. The number of hydrogen-bond acceptors (Lipinski definition) is 6. The van der Waals surface area contributed by atoms with Gasteiger partial charge in [-0.25, -0.2) is 0 Å². The molecule has 0 aliphatic carbocycles. The molecule has 1 atom stereocenters. The summed E-state index contributed by atoms with van der Waals surface area (Å²) in [7, 11) is 1.21. The highest BCUT2D eigenvalue weighted by Crippen LogP contribution is 2.32. The van der Waals surface area contributed by atoms with Crippen molar-refractivity contribution in [2.45, 2.75) is 38.1 Å². The van der Waals surface area contributed by atoms with Crippen molar-refractivity contribution in [2.75, 3.05) is 13.7 Å². The summed E-state index contributed by atoms with van der Waals surface area (Å²) in [5.74, 6) is -2.13. The Kier molecular flexibility index (Phi) is 8.18. The number of fused-ring (bicyclic) bond motifs is 1. The fraction of sp³-hybridized carbons (Fsp3) is 0.333. The second-order valence-corrected chi connectivity index (χ2v) is 8.01. The van der Waals surface area contributed by atoms with Crippen LogP contribution in [0.3, 0.4) is 0 Å². The van der Waals surface area contributed by atoms with Gasteiger partial charge >= 0.3 is 12.1 Å². The summed E-state index contributed by atoms with van der Waals surface area (Å²) in [6.07, 6.45) is -4.63. The topological polar surface area (TPSA) is 128 Å². The molecule has 3 amide bonds. The zero-order valence-electron chi connectivity index (χ0n) is 19.3. The molecule has 3 rings (SSSR count). The molecule has 0 saturated carbocycles. The number of ether oxygens (including phenoxy) is 2. The minimum absolute atomic E-state index is 0.00271. The molecule has 0 spiro atoms. The third kappa shape index (κ3) is 6.32. The van der Waals surface area contributed by atoms with Crippen LogP contribution in [0.15, 0.2) is 42.5 Å². The average molecular weight is 507 g/mol. The van der Waals surface area contributed by atoms with Gasteiger partial charge in [0.2, 0.25) is 5.91 Å². The van der Waals surface area contributed by atoms with Gasteiger partial charge in [0.05, 0.1) is 12.7 Å². The number of esters is 1. The molecular weight excluding hydrogens is 483 g/mol. The number of benzene rings is 2. The molecule has 3 N–H and O–H groups in total. The number of methoxy groups -OCH3 is 1. The summed E-state index contributed by atoms with van der Waals surface area (Å²) in [6, 6.07) is 8.37. The predicted molar refractivity (Wildman–Crippen MR) is 119 cm³/mol. The van der Waals surface area contributed by atoms with Crippen LogP contribution in [0.2, 0.25) is 0 Å². The molecule has 1 heterocycles. The number of nitrogens with two attached hydrogens (primary N) is 1. The van der Waals surface area contributed by atoms with Crippen LogP contribution in [0.1, 0.15) is 39.9 Å². The van der Waals surface area contributed by atoms with Crippen LogP contribution >= 0.6 is 0 Å². The summed E-state index contributed by atoms with van der Waals surface area (Å²) in [6.45, 7) is -0.750. The van der Waals surface area contributed by atoms with Gasteiger partial charge in [0.1, 0.15) is 11.8 Å². The summed E-state index contributed by atoms with van der Waals surface area (Å²) < 4.78 is 49.2. The maximum Gasteiger partial charge on any atom is 0.416 e. The Morgan fingerprint density at radius 2 is 1.89 bits per heavy atom. The van der Waals surface area contributed by atoms with Crippen LogP contribution in [0.5, 0.6) is 5.75 Å². The minimum atomic E-state index is -4.54. The van der Waals surface area contributed by atoms with E-state index < -0.39 is 48.1 Å². The van der Waals surface area contributed by atoms with Crippen LogP contribution in [-0.2, 0) is 38.4 Å². The molecule has 12 heteroatoms. The molecule has 2 aromatic carbocycles. The maximum absolute atomic E-state index is 13.1. The molecular formula is C24H24F3N3O6. The van der Waals surface area contributed by atoms with Crippen molar-refractivity contribution in [3.05, 3.63) is 64.7 Å². The van der Waals surface area contributed by atoms with Crippen molar-refractivity contribution in [1.29, 1.82) is 0 Å². The zero-order valence-corrected chi connectivity index (χ0v) is 19.3. The van der Waals surface area contributed by atoms with Gasteiger partial charge in [-0.15, -0.1) is 0 Å². The molecule has 0 aromatic heterocycles. The molecule has 0 radical (unpaired) electrons. The first-order valence-electron chi connectivity index (χ1n) is 10.9. The van der Waals surface area contributed by atoms with Crippen molar-refractivity contribution in [2.24, 2.45) is 5.73 Å². The highest BCUT2D eigenvalue weighted by Gasteiger charge is 2.36. The lowest BCUT2D eigenvalue weighted by Crippen LogP contribution is -2.45. The zero-order chi connectivity index (χ0) is 26.5. The second kappa shape index (κ2) is 11.1. The van der Waals surface area contributed by atoms with Crippen molar-refractivity contribution >= 4 is 23.7 Å². The SMILES string of the molecule is COC(=O)CCC(C(N)=O)N1Cc2cc(OCC(=O)NCc3ccccc3C(F)(F)F)ccc2C1=O. The van der Waals surface area contributed by atoms with E-state index in [1.54, 1.807) is 0 Å². The maximum atomic E-state index is 13.1. The van der Waals surface area contributed by atoms with Crippen LogP contribution in [-0.4, -0.2) is 48.3 Å². The number of nitrogens with one attached hydrogen (secondary N) is 1. The number of primary amides is 1. The smallest absolute Gasteiger partial charge is 0.416 e. The van der Waals surface area contributed by atoms with Crippen LogP contribution in [0.4, 0.5) is 13.2 Å². The Hall–Kier alpha value is -4.09. The molecule has 192 valence electrons. The lowest BCUT2D eigenvalue weighted by atomic mass is 10.1. The van der Waals surface area contributed by atoms with E-state index in [4.69, 9.17) is 10.5 Å². The van der Waals surface area contributed by atoms with E-state index in [-0.39, 0.29) is 37.2 Å². The van der Waals surface area contributed by atoms with E-state index in [0.29, 0.717) is 11.1 Å². The Bertz CT molecular complexity index is 1170. The highest BCUT2D eigenvalue weighted by molar-refractivity contribution is 6.01. The number of carbonyl (C=O) groups excluding carboxylic acids is 4. The summed E-state index contributed by atoms with van der Waals surface area (Å²) in [5.41, 5.74) is 5.38. The van der Waals surface area contributed by atoms with Gasteiger partial charge in [-0.05, 0) is 41.8 Å². The van der Waals surface area contributed by atoms with E-state index in [1.165, 1.54) is 48.4 Å². The molecule has 1 aliphatic heterocycles. The summed E-state index contributed by atoms with van der Waals surface area (Å²) >= 11 is 0. The Labute approximate surface area is 204 Å². The van der Waals surface area contributed by atoms with Gasteiger partial charge in [0, 0.05) is 25.1 Å². The van der Waals surface area contributed by atoms with Gasteiger partial charge in [-0.2, -0.15) is 13.2 Å². The summed E-state index contributed by atoms with van der Waals surface area (Å²) in [4.78, 5) is 49.5. The summed E-state index contributed by atoms with van der Waals surface area (Å²) in [5, 5.41) is 2.39. The molecule has 1 unspecified atom stereocenters. The molecule has 0 saturated heterocycles. The monoisotopic (exact) mass is 507 g/mol. The standard InChI is InChI=1S/C24H24F3N3O6/c1-35-21(32)9-8-19(22(28)33)30-12-15-10-16(6-7-17(15)23(30)34)36-13-20(31)29-11-14-4-2-3-5-18(14)24(25,26)27/h2-7,10,19H,8-9,11-13H2,1H3,(H2,28,33)(H,29,31). The van der Waals surface area contributed by atoms with Crippen LogP contribution in [0, 0.1) is 0 Å². The average Bonchev–Trinajstić information content (AvgIpc) is 3.16. The van der Waals surface area contributed by atoms with Crippen molar-refractivity contribution in [3.8, 4) is 5.75 Å². The third-order valence-electron chi connectivity index (χ3n) is 5.63. The van der Waals surface area contributed by atoms with E-state index in [1.807, 2.05) is 0 Å². The Balaban J connectivity index is 1.59. The number of amides is 3. The predicted octanol–water partition coefficient (Wildman–Crippen LogP) is 2.16. The largest absolute Gasteiger partial charge is 0.484 e. The van der Waals surface area contributed by atoms with Gasteiger partial charge in [-0.1, -0.05) is 18.2 Å². The lowest BCUT2D eigenvalue weighted by molar-refractivity contribution is -0.141. The Morgan fingerprint density at radius 1 is 1.17 bits per heavy atom. The molecule has 9 nitrogen and oxygen atoms in total. The van der Waals surface area contributed by atoms with Crippen molar-refractivity contribution in [1.82, 2.24) is 10.2 Å². The fourth-order valence-corrected chi connectivity index (χ4v) is 3.81. The molecule has 0 fully saturated rings. The normalized spacial score (nSPS) is 13.7. The van der Waals surface area contributed by atoms with Gasteiger partial charge in [0.25, 0.3) is 11.8 Å². The second-order valence-electron chi connectivity index (χ2n) is 8.01. The quantitative estimate of drug-likeness (QED) is 0.475. The first kappa shape index (κ1) is 26.5. The number of rotatable bonds is 10. The Morgan fingerprint density at radius 3 is 2.56 bits per heavy atom. The third-order valence-corrected chi connectivity index (χ3v) is 5.63. The number of hydrogen-bond donors (Lipinski definition) is 2. The lowest BCUT2D eigenvalue weighted by Gasteiger charge is -2.24. The first-order chi connectivity index (χ1) is 17.0. The van der Waals surface area contributed by atoms with E-state index in [2.05, 4.69) is 10.1 Å². The first-order valence-corrected chi connectivity index (χ1v) is 10.9. The van der Waals surface area contributed by atoms with E-state index >= 15 is 0 Å². The minimum Gasteiger partial charge on any atom is -0.484 e. The fourth-order valence-electron chi connectivity index (χ4n) is 3.81. The van der Waals surface area contributed by atoms with E-state index in [0.717, 1.165) is 6.07 Å². The van der Waals surface area contributed by atoms with Crippen molar-refractivity contribution < 1.29 is 41.8 Å². The van der Waals surface area contributed by atoms with Gasteiger partial charge < -0.3 is 25.4 Å². The van der Waals surface area contributed by atoms with Crippen LogP contribution < -0.4 is 15.8 Å². The number of carbonyl (C=O) groups is 4. The van der Waals surface area contributed by atoms with Crippen LogP contribution in [0.25, 0.3) is 0 Å². The number of nitrogens with zero attached hydrogens (tertiary/aromatic N) is 1. The molecule has 1 aliphatic rings. The number of halogens is 3. The van der Waals surface area contributed by atoms with Gasteiger partial charge in [-0.3, -0.25) is 19.2 Å². The highest BCUT2D eigenvalue weighted by atomic mass is 19.4. The van der Waals surface area contributed by atoms with E-state index in [9.17, 15) is 32.3 Å². The number of alkyl halides is 3. The van der Waals surface area contributed by atoms with Crippen molar-refractivity contribution in [3.63, 3.8) is 0 Å². The molecule has 36 heavy (non-hydrogen) atoms. The molecule has 2 aromatic rings.